The number of fused-ring (bicyclic) bond motifs is 1. The summed E-state index contributed by atoms with van der Waals surface area (Å²) in [7, 11) is 0. The minimum atomic E-state index is 0.0464. The second-order valence-electron chi connectivity index (χ2n) is 8.07. The zero-order valence-corrected chi connectivity index (χ0v) is 18.1. The summed E-state index contributed by atoms with van der Waals surface area (Å²) in [4.78, 5) is 18.7. The number of rotatable bonds is 8. The van der Waals surface area contributed by atoms with Gasteiger partial charge in [-0.2, -0.15) is 0 Å². The molecule has 4 heteroatoms. The van der Waals surface area contributed by atoms with Crippen molar-refractivity contribution in [3.05, 3.63) is 60.2 Å². The third-order valence-corrected chi connectivity index (χ3v) is 5.22. The van der Waals surface area contributed by atoms with E-state index in [0.29, 0.717) is 12.1 Å². The highest BCUT2D eigenvalue weighted by atomic mass is 16.1. The molecule has 3 aromatic rings. The van der Waals surface area contributed by atoms with Gasteiger partial charge in [0.1, 0.15) is 5.82 Å². The Hall–Kier alpha value is -2.72. The van der Waals surface area contributed by atoms with Gasteiger partial charge in [-0.3, -0.25) is 9.69 Å². The average molecular weight is 390 g/mol. The van der Waals surface area contributed by atoms with Gasteiger partial charge in [0, 0.05) is 30.7 Å². The molecule has 2 aromatic carbocycles. The van der Waals surface area contributed by atoms with Crippen molar-refractivity contribution in [2.45, 2.75) is 53.2 Å². The zero-order valence-electron chi connectivity index (χ0n) is 18.1. The number of carbonyl (C=O) groups is 1. The summed E-state index contributed by atoms with van der Waals surface area (Å²) in [6, 6.07) is 17.5. The highest BCUT2D eigenvalue weighted by Gasteiger charge is 2.17. The molecule has 29 heavy (non-hydrogen) atoms. The molecule has 0 bridgehead atoms. The number of ketones is 1. The molecule has 1 aromatic heterocycles. The van der Waals surface area contributed by atoms with E-state index in [1.165, 1.54) is 0 Å². The van der Waals surface area contributed by atoms with Crippen LogP contribution in [0.5, 0.6) is 0 Å². The van der Waals surface area contributed by atoms with Crippen LogP contribution >= 0.6 is 0 Å². The van der Waals surface area contributed by atoms with Crippen molar-refractivity contribution in [1.82, 2.24) is 14.5 Å². The molecule has 0 atom stereocenters. The fraction of sp³-hybridized carbons (Fsp3) is 0.360. The highest BCUT2D eigenvalue weighted by molar-refractivity contribution is 5.91. The quantitative estimate of drug-likeness (QED) is 0.483. The molecule has 1 heterocycles. The summed E-state index contributed by atoms with van der Waals surface area (Å²) in [5.41, 5.74) is 4.22. The van der Waals surface area contributed by atoms with Crippen LogP contribution < -0.4 is 0 Å². The first-order valence-corrected chi connectivity index (χ1v) is 10.4. The number of aromatic nitrogens is 2. The summed E-state index contributed by atoms with van der Waals surface area (Å²) in [5.74, 6) is 1.02. The molecule has 4 nitrogen and oxygen atoms in total. The number of benzene rings is 2. The van der Waals surface area contributed by atoms with Crippen LogP contribution in [0.4, 0.5) is 0 Å². The minimum Gasteiger partial charge on any atom is -0.323 e. The Kier molecular flexibility index (Phi) is 6.65. The molecule has 0 radical (unpaired) electrons. The lowest BCUT2D eigenvalue weighted by atomic mass is 10.1. The average Bonchev–Trinajstić information content (AvgIpc) is 3.05. The maximum Gasteiger partial charge on any atom is 0.152 e. The normalized spacial score (nSPS) is 12.1. The lowest BCUT2D eigenvalue weighted by Crippen LogP contribution is -2.39. The van der Waals surface area contributed by atoms with Gasteiger partial charge in [0.25, 0.3) is 0 Å². The van der Waals surface area contributed by atoms with Crippen LogP contribution in [-0.2, 0) is 11.3 Å². The number of para-hydroxylation sites is 2. The lowest BCUT2D eigenvalue weighted by Gasteiger charge is -2.30. The van der Waals surface area contributed by atoms with E-state index in [-0.39, 0.29) is 5.78 Å². The van der Waals surface area contributed by atoms with Crippen molar-refractivity contribution < 1.29 is 4.79 Å². The van der Waals surface area contributed by atoms with Crippen molar-refractivity contribution in [3.8, 4) is 11.4 Å². The topological polar surface area (TPSA) is 38.1 Å². The Morgan fingerprint density at radius 3 is 2.48 bits per heavy atom. The van der Waals surface area contributed by atoms with Crippen LogP contribution in [0, 0.1) is 0 Å². The van der Waals surface area contributed by atoms with Gasteiger partial charge >= 0.3 is 0 Å². The Labute approximate surface area is 173 Å². The molecule has 3 rings (SSSR count). The first kappa shape index (κ1) is 21.0. The number of imidazole rings is 1. The predicted molar refractivity (Wildman–Crippen MR) is 122 cm³/mol. The van der Waals surface area contributed by atoms with Gasteiger partial charge in [0.05, 0.1) is 11.0 Å². The van der Waals surface area contributed by atoms with Crippen LogP contribution in [0.3, 0.4) is 0 Å². The molecule has 0 N–H and O–H groups in total. The van der Waals surface area contributed by atoms with Gasteiger partial charge in [0.15, 0.2) is 5.78 Å². The molecular formula is C25H31N3O. The van der Waals surface area contributed by atoms with Gasteiger partial charge in [-0.1, -0.05) is 36.4 Å². The van der Waals surface area contributed by atoms with Crippen LogP contribution in [0.1, 0.15) is 40.2 Å². The highest BCUT2D eigenvalue weighted by Crippen LogP contribution is 2.26. The Morgan fingerprint density at radius 1 is 1.07 bits per heavy atom. The fourth-order valence-electron chi connectivity index (χ4n) is 3.85. The number of carbonyl (C=O) groups excluding carboxylic acids is 1. The number of hydrogen-bond donors (Lipinski definition) is 0. The van der Waals surface area contributed by atoms with Gasteiger partial charge < -0.3 is 4.57 Å². The molecule has 0 fully saturated rings. The van der Waals surface area contributed by atoms with E-state index in [9.17, 15) is 4.79 Å². The van der Waals surface area contributed by atoms with E-state index in [1.54, 1.807) is 13.0 Å². The van der Waals surface area contributed by atoms with Gasteiger partial charge in [0.2, 0.25) is 0 Å². The summed E-state index contributed by atoms with van der Waals surface area (Å²) in [6.45, 7) is 12.4. The molecule has 0 spiro atoms. The summed E-state index contributed by atoms with van der Waals surface area (Å²) in [5, 5.41) is 0. The molecule has 0 aliphatic rings. The van der Waals surface area contributed by atoms with E-state index >= 15 is 0 Å². The fourth-order valence-corrected chi connectivity index (χ4v) is 3.85. The molecule has 0 amide bonds. The maximum absolute atomic E-state index is 11.3. The zero-order chi connectivity index (χ0) is 21.0. The van der Waals surface area contributed by atoms with Crippen molar-refractivity contribution in [2.75, 3.05) is 6.54 Å². The van der Waals surface area contributed by atoms with Crippen LogP contribution in [0.2, 0.25) is 0 Å². The summed E-state index contributed by atoms with van der Waals surface area (Å²) in [6.07, 6.45) is 3.46. The lowest BCUT2D eigenvalue weighted by molar-refractivity contribution is -0.112. The van der Waals surface area contributed by atoms with E-state index in [1.807, 2.05) is 24.3 Å². The Bertz CT molecular complexity index is 1010. The molecular weight excluding hydrogens is 358 g/mol. The number of allylic oxidation sites excluding steroid dienone is 1. The number of hydrogen-bond acceptors (Lipinski definition) is 3. The van der Waals surface area contributed by atoms with Gasteiger partial charge in [-0.15, -0.1) is 0 Å². The monoisotopic (exact) mass is 389 g/mol. The van der Waals surface area contributed by atoms with Crippen molar-refractivity contribution in [2.24, 2.45) is 0 Å². The van der Waals surface area contributed by atoms with Gasteiger partial charge in [-0.25, -0.2) is 4.98 Å². The SMILES string of the molecule is CC(=O)/C=C/c1cccc(-c2nc3ccccc3n2CCN(C(C)C)C(C)C)c1. The van der Waals surface area contributed by atoms with Crippen molar-refractivity contribution in [1.29, 1.82) is 0 Å². The van der Waals surface area contributed by atoms with E-state index in [4.69, 9.17) is 4.98 Å². The third kappa shape index (κ3) is 5.01. The molecule has 0 aliphatic carbocycles. The second-order valence-corrected chi connectivity index (χ2v) is 8.07. The molecule has 0 aliphatic heterocycles. The third-order valence-electron chi connectivity index (χ3n) is 5.22. The van der Waals surface area contributed by atoms with Crippen molar-refractivity contribution in [3.63, 3.8) is 0 Å². The molecule has 0 saturated heterocycles. The smallest absolute Gasteiger partial charge is 0.152 e. The minimum absolute atomic E-state index is 0.0464. The first-order valence-electron chi connectivity index (χ1n) is 10.4. The van der Waals surface area contributed by atoms with E-state index < -0.39 is 0 Å². The number of nitrogens with zero attached hydrogens (tertiary/aromatic N) is 3. The second kappa shape index (κ2) is 9.19. The van der Waals surface area contributed by atoms with E-state index in [0.717, 1.165) is 41.1 Å². The first-order chi connectivity index (χ1) is 13.9. The molecule has 152 valence electrons. The summed E-state index contributed by atoms with van der Waals surface area (Å²) < 4.78 is 2.32. The standard InChI is InChI=1S/C25H31N3O/c1-18(2)27(19(3)4)15-16-28-24-12-7-6-11-23(24)26-25(28)22-10-8-9-21(17-22)14-13-20(5)29/h6-14,17-19H,15-16H2,1-5H3/b14-13+. The van der Waals surface area contributed by atoms with Crippen LogP contribution in [0.15, 0.2) is 54.6 Å². The van der Waals surface area contributed by atoms with Crippen LogP contribution in [0.25, 0.3) is 28.5 Å². The van der Waals surface area contributed by atoms with Gasteiger partial charge in [-0.05, 0) is 64.5 Å². The maximum atomic E-state index is 11.3. The summed E-state index contributed by atoms with van der Waals surface area (Å²) >= 11 is 0. The van der Waals surface area contributed by atoms with Crippen molar-refractivity contribution >= 4 is 22.9 Å². The Balaban J connectivity index is 2.01. The Morgan fingerprint density at radius 2 is 1.79 bits per heavy atom. The predicted octanol–water partition coefficient (Wildman–Crippen LogP) is 5.42. The molecule has 0 unspecified atom stereocenters. The molecule has 0 saturated carbocycles. The van der Waals surface area contributed by atoms with E-state index in [2.05, 4.69) is 67.5 Å². The van der Waals surface area contributed by atoms with Crippen LogP contribution in [-0.4, -0.2) is 38.9 Å². The largest absolute Gasteiger partial charge is 0.323 e.